The highest BCUT2D eigenvalue weighted by molar-refractivity contribution is 6.35. The molecule has 0 aliphatic heterocycles. The van der Waals surface area contributed by atoms with Crippen molar-refractivity contribution in [2.75, 3.05) is 6.54 Å². The first-order valence-corrected chi connectivity index (χ1v) is 8.45. The van der Waals surface area contributed by atoms with Gasteiger partial charge >= 0.3 is 0 Å². The molecular weight excluding hydrogens is 321 g/mol. The van der Waals surface area contributed by atoms with Gasteiger partial charge in [0.2, 0.25) is 0 Å². The van der Waals surface area contributed by atoms with Gasteiger partial charge in [0.25, 0.3) is 5.91 Å². The maximum Gasteiger partial charge on any atom is 0.269 e. The van der Waals surface area contributed by atoms with E-state index in [1.807, 2.05) is 0 Å². The van der Waals surface area contributed by atoms with Crippen LogP contribution in [0.2, 0.25) is 10.0 Å². The normalized spacial score (nSPS) is 14.5. The fraction of sp³-hybridized carbons (Fsp3) is 0.471. The zero-order chi connectivity index (χ0) is 15.9. The van der Waals surface area contributed by atoms with E-state index in [0.29, 0.717) is 22.2 Å². The molecule has 0 unspecified atom stereocenters. The number of nitrogens with zero attached hydrogens (tertiary/aromatic N) is 1. The molecule has 0 atom stereocenters. The third-order valence-corrected chi connectivity index (χ3v) is 4.36. The Bertz CT molecular complexity index is 541. The van der Waals surface area contributed by atoms with Crippen LogP contribution in [0.4, 0.5) is 0 Å². The number of amides is 1. The minimum absolute atomic E-state index is 0.363. The topological polar surface area (TPSA) is 40.5 Å². The molecule has 1 fully saturated rings. The lowest BCUT2D eigenvalue weighted by molar-refractivity contribution is -0.159. The van der Waals surface area contributed by atoms with Crippen molar-refractivity contribution in [1.29, 1.82) is 0 Å². The Morgan fingerprint density at radius 2 is 2.05 bits per heavy atom. The Hall–Kier alpha value is -1.03. The van der Waals surface area contributed by atoms with Gasteiger partial charge in [0.15, 0.2) is 0 Å². The summed E-state index contributed by atoms with van der Waals surface area (Å²) >= 11 is 11.8. The van der Waals surface area contributed by atoms with E-state index in [0.717, 1.165) is 23.8 Å². The van der Waals surface area contributed by atoms with Crippen molar-refractivity contribution in [1.82, 2.24) is 5.06 Å². The monoisotopic (exact) mass is 341 g/mol. The molecule has 0 aromatic heterocycles. The van der Waals surface area contributed by atoms with Gasteiger partial charge in [0.1, 0.15) is 0 Å². The minimum atomic E-state index is -0.437. The van der Waals surface area contributed by atoms with Crippen molar-refractivity contribution in [3.63, 3.8) is 0 Å². The second-order valence-electron chi connectivity index (χ2n) is 5.75. The molecule has 0 bridgehead atoms. The van der Waals surface area contributed by atoms with Crippen LogP contribution in [0.15, 0.2) is 24.3 Å². The molecule has 22 heavy (non-hydrogen) atoms. The molecule has 1 N–H and O–H groups in total. The summed E-state index contributed by atoms with van der Waals surface area (Å²) in [6.07, 6.45) is 10.00. The second kappa shape index (κ2) is 8.56. The number of benzene rings is 1. The lowest BCUT2D eigenvalue weighted by Crippen LogP contribution is -2.26. The van der Waals surface area contributed by atoms with Gasteiger partial charge in [0, 0.05) is 22.7 Å². The van der Waals surface area contributed by atoms with Crippen molar-refractivity contribution >= 4 is 35.2 Å². The molecule has 1 aromatic rings. The first-order valence-electron chi connectivity index (χ1n) is 7.70. The lowest BCUT2D eigenvalue weighted by Gasteiger charge is -2.12. The van der Waals surface area contributed by atoms with Crippen LogP contribution in [0.5, 0.6) is 0 Å². The van der Waals surface area contributed by atoms with E-state index in [1.165, 1.54) is 31.8 Å². The molecule has 1 aliphatic carbocycles. The second-order valence-corrected chi connectivity index (χ2v) is 6.60. The van der Waals surface area contributed by atoms with E-state index in [1.54, 1.807) is 24.3 Å². The van der Waals surface area contributed by atoms with Crippen molar-refractivity contribution in [2.45, 2.75) is 38.5 Å². The smallest absolute Gasteiger partial charge is 0.269 e. The molecule has 120 valence electrons. The van der Waals surface area contributed by atoms with Crippen LogP contribution in [-0.2, 0) is 4.79 Å². The van der Waals surface area contributed by atoms with E-state index < -0.39 is 5.91 Å². The molecule has 1 aromatic carbocycles. The molecule has 3 nitrogen and oxygen atoms in total. The Morgan fingerprint density at radius 3 is 2.73 bits per heavy atom. The quantitative estimate of drug-likeness (QED) is 0.305. The van der Waals surface area contributed by atoms with Crippen LogP contribution >= 0.6 is 23.2 Å². The van der Waals surface area contributed by atoms with Gasteiger partial charge in [-0.15, -0.1) is 0 Å². The zero-order valence-electron chi connectivity index (χ0n) is 12.5. The average Bonchev–Trinajstić information content (AvgIpc) is 3.29. The van der Waals surface area contributed by atoms with E-state index in [4.69, 9.17) is 23.2 Å². The van der Waals surface area contributed by atoms with Gasteiger partial charge < -0.3 is 0 Å². The molecule has 0 saturated heterocycles. The van der Waals surface area contributed by atoms with E-state index in [-0.39, 0.29) is 0 Å². The zero-order valence-corrected chi connectivity index (χ0v) is 14.0. The van der Waals surface area contributed by atoms with Crippen LogP contribution in [0.3, 0.4) is 0 Å². The first kappa shape index (κ1) is 17.3. The largest absolute Gasteiger partial charge is 0.286 e. The van der Waals surface area contributed by atoms with Crippen LogP contribution in [0.25, 0.3) is 6.08 Å². The molecule has 1 aliphatic rings. The van der Waals surface area contributed by atoms with Gasteiger partial charge in [-0.05, 0) is 36.1 Å². The Balaban J connectivity index is 1.71. The maximum absolute atomic E-state index is 11.8. The van der Waals surface area contributed by atoms with Crippen LogP contribution in [-0.4, -0.2) is 22.7 Å². The summed E-state index contributed by atoms with van der Waals surface area (Å²) < 4.78 is 0. The lowest BCUT2D eigenvalue weighted by atomic mass is 10.1. The summed E-state index contributed by atoms with van der Waals surface area (Å²) in [5, 5.41) is 11.5. The number of hydroxylamine groups is 2. The van der Waals surface area contributed by atoms with Crippen molar-refractivity contribution in [2.24, 2.45) is 5.92 Å². The third-order valence-electron chi connectivity index (χ3n) is 3.80. The summed E-state index contributed by atoms with van der Waals surface area (Å²) in [7, 11) is 0. The highest BCUT2D eigenvalue weighted by Gasteiger charge is 2.19. The Labute approximate surface area is 141 Å². The number of rotatable bonds is 8. The van der Waals surface area contributed by atoms with Crippen molar-refractivity contribution < 1.29 is 10.0 Å². The number of unbranched alkanes of at least 4 members (excludes halogenated alkanes) is 2. The molecule has 1 saturated carbocycles. The summed E-state index contributed by atoms with van der Waals surface area (Å²) in [4.78, 5) is 11.8. The van der Waals surface area contributed by atoms with Gasteiger partial charge in [-0.25, -0.2) is 5.06 Å². The standard InChI is InChI=1S/C17H21Cl2NO2/c18-15-9-7-14(16(19)12-15)8-10-17(21)20(22)11-3-1-2-4-13-5-6-13/h7-10,12-13,22H,1-6,11H2/b10-8+. The molecule has 1 amide bonds. The minimum Gasteiger partial charge on any atom is -0.286 e. The van der Waals surface area contributed by atoms with Crippen molar-refractivity contribution in [3.05, 3.63) is 39.9 Å². The van der Waals surface area contributed by atoms with Crippen LogP contribution in [0.1, 0.15) is 44.1 Å². The van der Waals surface area contributed by atoms with Gasteiger partial charge in [0.05, 0.1) is 0 Å². The fourth-order valence-corrected chi connectivity index (χ4v) is 2.74. The number of halogens is 2. The van der Waals surface area contributed by atoms with Gasteiger partial charge in [-0.2, -0.15) is 0 Å². The van der Waals surface area contributed by atoms with Crippen LogP contribution in [0, 0.1) is 5.92 Å². The fourth-order valence-electron chi connectivity index (χ4n) is 2.27. The van der Waals surface area contributed by atoms with Crippen LogP contribution < -0.4 is 0 Å². The highest BCUT2D eigenvalue weighted by atomic mass is 35.5. The molecule has 0 heterocycles. The summed E-state index contributed by atoms with van der Waals surface area (Å²) in [5.74, 6) is 0.507. The Morgan fingerprint density at radius 1 is 1.27 bits per heavy atom. The SMILES string of the molecule is O=C(/C=C/c1ccc(Cl)cc1Cl)N(O)CCCCCC1CC1. The highest BCUT2D eigenvalue weighted by Crippen LogP contribution is 2.34. The third kappa shape index (κ3) is 5.99. The number of carbonyl (C=O) groups is 1. The van der Waals surface area contributed by atoms with Gasteiger partial charge in [-0.1, -0.05) is 61.4 Å². The van der Waals surface area contributed by atoms with Gasteiger partial charge in [-0.3, -0.25) is 10.0 Å². The summed E-state index contributed by atoms with van der Waals surface area (Å²) in [5.41, 5.74) is 0.692. The molecule has 2 rings (SSSR count). The number of hydrogen-bond acceptors (Lipinski definition) is 2. The predicted octanol–water partition coefficient (Wildman–Crippen LogP) is 5.19. The first-order chi connectivity index (χ1) is 10.6. The molecule has 0 radical (unpaired) electrons. The molecular formula is C17H21Cl2NO2. The predicted molar refractivity (Wildman–Crippen MR) is 90.2 cm³/mol. The van der Waals surface area contributed by atoms with E-state index in [2.05, 4.69) is 0 Å². The van der Waals surface area contributed by atoms with E-state index >= 15 is 0 Å². The maximum atomic E-state index is 11.8. The molecule has 0 spiro atoms. The van der Waals surface area contributed by atoms with Crippen molar-refractivity contribution in [3.8, 4) is 0 Å². The van der Waals surface area contributed by atoms with E-state index in [9.17, 15) is 10.0 Å². The number of carbonyl (C=O) groups excluding carboxylic acids is 1. The summed E-state index contributed by atoms with van der Waals surface area (Å²) in [6, 6.07) is 5.05. The number of hydrogen-bond donors (Lipinski definition) is 1. The average molecular weight is 342 g/mol. The molecule has 5 heteroatoms. The summed E-state index contributed by atoms with van der Waals surface area (Å²) in [6.45, 7) is 0.363. The Kier molecular flexibility index (Phi) is 6.74.